The first-order valence-corrected chi connectivity index (χ1v) is 8.24. The summed E-state index contributed by atoms with van der Waals surface area (Å²) in [5.41, 5.74) is 2.46. The van der Waals surface area contributed by atoms with Crippen molar-refractivity contribution in [2.24, 2.45) is 5.41 Å². The molecular weight excluding hydrogens is 324 g/mol. The minimum absolute atomic E-state index is 0.256. The van der Waals surface area contributed by atoms with E-state index in [0.717, 1.165) is 16.8 Å². The van der Waals surface area contributed by atoms with Gasteiger partial charge in [0.15, 0.2) is 0 Å². The smallest absolute Gasteiger partial charge is 0.240 e. The van der Waals surface area contributed by atoms with Crippen molar-refractivity contribution in [3.8, 4) is 0 Å². The van der Waals surface area contributed by atoms with E-state index >= 15 is 0 Å². The molecule has 0 unspecified atom stereocenters. The number of hydrogen-bond donors (Lipinski definition) is 2. The van der Waals surface area contributed by atoms with Crippen molar-refractivity contribution in [3.05, 3.63) is 58.6 Å². The van der Waals surface area contributed by atoms with Crippen LogP contribution in [0.1, 0.15) is 24.0 Å². The highest BCUT2D eigenvalue weighted by Crippen LogP contribution is 2.47. The molecule has 2 N–H and O–H groups in total. The van der Waals surface area contributed by atoms with E-state index in [1.54, 1.807) is 24.3 Å². The molecule has 0 saturated heterocycles. The maximum absolute atomic E-state index is 12.6. The fraction of sp³-hybridized carbons (Fsp3) is 0.263. The van der Waals surface area contributed by atoms with Gasteiger partial charge in [-0.2, -0.15) is 0 Å². The summed E-state index contributed by atoms with van der Waals surface area (Å²) in [7, 11) is 0. The second-order valence-electron chi connectivity index (χ2n) is 6.32. The molecule has 2 aromatic carbocycles. The van der Waals surface area contributed by atoms with Crippen LogP contribution in [0.4, 0.5) is 11.4 Å². The summed E-state index contributed by atoms with van der Waals surface area (Å²) in [6.07, 6.45) is 1.10. The molecule has 124 valence electrons. The SMILES string of the molecule is Cc1ccc(NC(=O)C2(C(=O)Nc3cccc(Cl)c3)CC2)c(C)c1. The van der Waals surface area contributed by atoms with Crippen molar-refractivity contribution < 1.29 is 9.59 Å². The summed E-state index contributed by atoms with van der Waals surface area (Å²) in [5, 5.41) is 6.22. The van der Waals surface area contributed by atoms with Crippen LogP contribution in [0.2, 0.25) is 5.02 Å². The molecule has 0 heterocycles. The molecule has 1 saturated carbocycles. The highest BCUT2D eigenvalue weighted by molar-refractivity contribution is 6.31. The number of hydrogen-bond acceptors (Lipinski definition) is 2. The Hall–Kier alpha value is -2.33. The number of rotatable bonds is 4. The lowest BCUT2D eigenvalue weighted by molar-refractivity contribution is -0.131. The Morgan fingerprint density at radius 2 is 1.71 bits per heavy atom. The third-order valence-electron chi connectivity index (χ3n) is 4.33. The molecule has 0 spiro atoms. The van der Waals surface area contributed by atoms with Crippen molar-refractivity contribution >= 4 is 34.8 Å². The van der Waals surface area contributed by atoms with Gasteiger partial charge in [0.25, 0.3) is 0 Å². The summed E-state index contributed by atoms with van der Waals surface area (Å²) >= 11 is 5.93. The van der Waals surface area contributed by atoms with Gasteiger partial charge in [-0.05, 0) is 56.5 Å². The molecule has 4 nitrogen and oxygen atoms in total. The van der Waals surface area contributed by atoms with E-state index in [0.29, 0.717) is 23.6 Å². The van der Waals surface area contributed by atoms with Crippen LogP contribution in [0.5, 0.6) is 0 Å². The number of carbonyl (C=O) groups is 2. The summed E-state index contributed by atoms with van der Waals surface area (Å²) < 4.78 is 0. The predicted molar refractivity (Wildman–Crippen MR) is 96.3 cm³/mol. The molecule has 2 amide bonds. The van der Waals surface area contributed by atoms with Crippen molar-refractivity contribution in [3.63, 3.8) is 0 Å². The first-order chi connectivity index (χ1) is 11.4. The number of amides is 2. The van der Waals surface area contributed by atoms with Crippen LogP contribution in [0.3, 0.4) is 0 Å². The Bertz CT molecular complexity index is 813. The monoisotopic (exact) mass is 342 g/mol. The van der Waals surface area contributed by atoms with E-state index in [-0.39, 0.29) is 11.8 Å². The number of carbonyl (C=O) groups excluding carboxylic acids is 2. The first-order valence-electron chi connectivity index (χ1n) is 7.86. The zero-order chi connectivity index (χ0) is 17.3. The van der Waals surface area contributed by atoms with Crippen LogP contribution >= 0.6 is 11.6 Å². The average Bonchev–Trinajstić information content (AvgIpc) is 3.32. The highest BCUT2D eigenvalue weighted by Gasteiger charge is 2.56. The van der Waals surface area contributed by atoms with Crippen LogP contribution in [-0.4, -0.2) is 11.8 Å². The lowest BCUT2D eigenvalue weighted by Crippen LogP contribution is -2.35. The Labute approximate surface area is 146 Å². The van der Waals surface area contributed by atoms with Crippen LogP contribution < -0.4 is 10.6 Å². The van der Waals surface area contributed by atoms with Crippen LogP contribution in [-0.2, 0) is 9.59 Å². The standard InChI is InChI=1S/C19H19ClN2O2/c1-12-6-7-16(13(2)10-12)22-18(24)19(8-9-19)17(23)21-15-5-3-4-14(20)11-15/h3-7,10-11H,8-9H2,1-2H3,(H,21,23)(H,22,24). The summed E-state index contributed by atoms with van der Waals surface area (Å²) in [5.74, 6) is -0.541. The van der Waals surface area contributed by atoms with Crippen molar-refractivity contribution in [1.82, 2.24) is 0 Å². The van der Waals surface area contributed by atoms with Crippen LogP contribution in [0.25, 0.3) is 0 Å². The molecule has 2 aromatic rings. The molecule has 0 aliphatic heterocycles. The highest BCUT2D eigenvalue weighted by atomic mass is 35.5. The number of aryl methyl sites for hydroxylation is 2. The molecule has 1 fully saturated rings. The van der Waals surface area contributed by atoms with Gasteiger partial charge in [0, 0.05) is 16.4 Å². The van der Waals surface area contributed by atoms with Crippen LogP contribution in [0, 0.1) is 19.3 Å². The van der Waals surface area contributed by atoms with E-state index < -0.39 is 5.41 Å². The largest absolute Gasteiger partial charge is 0.325 e. The zero-order valence-electron chi connectivity index (χ0n) is 13.7. The molecule has 0 atom stereocenters. The van der Waals surface area contributed by atoms with Crippen molar-refractivity contribution in [2.75, 3.05) is 10.6 Å². The van der Waals surface area contributed by atoms with E-state index in [9.17, 15) is 9.59 Å². The lowest BCUT2D eigenvalue weighted by Gasteiger charge is -2.17. The van der Waals surface area contributed by atoms with Crippen molar-refractivity contribution in [1.29, 1.82) is 0 Å². The minimum atomic E-state index is -0.986. The molecule has 3 rings (SSSR count). The van der Waals surface area contributed by atoms with Gasteiger partial charge in [-0.15, -0.1) is 0 Å². The molecule has 0 radical (unpaired) electrons. The summed E-state index contributed by atoms with van der Waals surface area (Å²) in [6, 6.07) is 12.7. The quantitative estimate of drug-likeness (QED) is 0.813. The molecule has 24 heavy (non-hydrogen) atoms. The molecule has 1 aliphatic carbocycles. The van der Waals surface area contributed by atoms with Gasteiger partial charge >= 0.3 is 0 Å². The normalized spacial score (nSPS) is 14.8. The van der Waals surface area contributed by atoms with E-state index in [1.165, 1.54) is 0 Å². The topological polar surface area (TPSA) is 58.2 Å². The summed E-state index contributed by atoms with van der Waals surface area (Å²) in [6.45, 7) is 3.94. The Balaban J connectivity index is 1.73. The second-order valence-corrected chi connectivity index (χ2v) is 6.76. The number of nitrogens with one attached hydrogen (secondary N) is 2. The molecule has 5 heteroatoms. The van der Waals surface area contributed by atoms with E-state index in [4.69, 9.17) is 11.6 Å². The Morgan fingerprint density at radius 3 is 2.33 bits per heavy atom. The number of halogens is 1. The van der Waals surface area contributed by atoms with Gasteiger partial charge in [0.1, 0.15) is 5.41 Å². The first kappa shape index (κ1) is 16.5. The maximum Gasteiger partial charge on any atom is 0.240 e. The third kappa shape index (κ3) is 3.29. The van der Waals surface area contributed by atoms with Gasteiger partial charge in [-0.25, -0.2) is 0 Å². The van der Waals surface area contributed by atoms with Gasteiger partial charge in [0.05, 0.1) is 0 Å². The predicted octanol–water partition coefficient (Wildman–Crippen LogP) is 4.31. The fourth-order valence-electron chi connectivity index (χ4n) is 2.70. The zero-order valence-corrected chi connectivity index (χ0v) is 14.4. The molecule has 1 aliphatic rings. The van der Waals surface area contributed by atoms with Gasteiger partial charge in [0.2, 0.25) is 11.8 Å². The summed E-state index contributed by atoms with van der Waals surface area (Å²) in [4.78, 5) is 25.2. The van der Waals surface area contributed by atoms with Gasteiger partial charge < -0.3 is 10.6 Å². The minimum Gasteiger partial charge on any atom is -0.325 e. The third-order valence-corrected chi connectivity index (χ3v) is 4.57. The van der Waals surface area contributed by atoms with Gasteiger partial charge in [-0.3, -0.25) is 9.59 Å². The Kier molecular flexibility index (Phi) is 4.33. The van der Waals surface area contributed by atoms with Crippen molar-refractivity contribution in [2.45, 2.75) is 26.7 Å². The number of anilines is 2. The van der Waals surface area contributed by atoms with E-state index in [1.807, 2.05) is 32.0 Å². The fourth-order valence-corrected chi connectivity index (χ4v) is 2.89. The molecule has 0 aromatic heterocycles. The molecule has 0 bridgehead atoms. The molecular formula is C19H19ClN2O2. The Morgan fingerprint density at radius 1 is 1.00 bits per heavy atom. The lowest BCUT2D eigenvalue weighted by atomic mass is 10.0. The number of benzene rings is 2. The average molecular weight is 343 g/mol. The second kappa shape index (κ2) is 6.29. The van der Waals surface area contributed by atoms with E-state index in [2.05, 4.69) is 10.6 Å². The van der Waals surface area contributed by atoms with Crippen LogP contribution in [0.15, 0.2) is 42.5 Å². The van der Waals surface area contributed by atoms with Gasteiger partial charge in [-0.1, -0.05) is 35.4 Å². The maximum atomic E-state index is 12.6.